The minimum Gasteiger partial charge on any atom is -0.480 e. The van der Waals surface area contributed by atoms with Gasteiger partial charge in [0.15, 0.2) is 6.10 Å². The fraction of sp³-hybridized carbons (Fsp3) is 0.273. The number of ether oxygens (including phenoxy) is 1. The van der Waals surface area contributed by atoms with Crippen molar-refractivity contribution in [2.75, 3.05) is 25.5 Å². The third-order valence-corrected chi connectivity index (χ3v) is 5.20. The van der Waals surface area contributed by atoms with Crippen LogP contribution in [-0.2, 0) is 19.1 Å². The predicted octanol–water partition coefficient (Wildman–Crippen LogP) is 1.21. The maximum Gasteiger partial charge on any atom is 0.322 e. The molecule has 0 radical (unpaired) electrons. The van der Waals surface area contributed by atoms with Gasteiger partial charge in [-0.25, -0.2) is 4.39 Å². The number of H-pyrrole nitrogens is 1. The second-order valence-electron chi connectivity index (χ2n) is 7.41. The van der Waals surface area contributed by atoms with E-state index in [0.29, 0.717) is 33.8 Å². The Hall–Kier alpha value is -3.99. The first-order valence-corrected chi connectivity index (χ1v) is 9.95. The molecular weight excluding hydrogens is 435 g/mol. The van der Waals surface area contributed by atoms with Gasteiger partial charge in [0.1, 0.15) is 12.4 Å². The Kier molecular flexibility index (Phi) is 6.92. The molecule has 1 aromatic heterocycles. The number of carboxylic acid groups (broad SMARTS) is 1. The molecule has 1 aliphatic heterocycles. The molecule has 0 aliphatic carbocycles. The molecule has 1 aromatic carbocycles. The third kappa shape index (κ3) is 5.09. The second kappa shape index (κ2) is 9.65. The van der Waals surface area contributed by atoms with Crippen molar-refractivity contribution in [1.82, 2.24) is 15.6 Å². The number of benzene rings is 1. The standard InChI is InChI=1S/C22H23FN4O6/c1-10-16(7-14-13-6-12(23)4-5-15(13)27-20(14)30)26-11(2)19(10)22(32)24-8-17(33-3)21(31)25-9-18(28)29/h4-7,17,26H,8-9H2,1-3H3,(H,24,32)(H,25,31)(H,27,30)(H,28,29)/b14-7-. The van der Waals surface area contributed by atoms with Gasteiger partial charge in [-0.15, -0.1) is 0 Å². The predicted molar refractivity (Wildman–Crippen MR) is 117 cm³/mol. The summed E-state index contributed by atoms with van der Waals surface area (Å²) in [5, 5.41) is 16.1. The van der Waals surface area contributed by atoms with Crippen LogP contribution in [0.1, 0.15) is 32.9 Å². The molecule has 0 saturated heterocycles. The van der Waals surface area contributed by atoms with E-state index >= 15 is 0 Å². The molecule has 0 bridgehead atoms. The normalized spacial score (nSPS) is 14.5. The maximum atomic E-state index is 13.7. The van der Waals surface area contributed by atoms with Crippen LogP contribution < -0.4 is 16.0 Å². The summed E-state index contributed by atoms with van der Waals surface area (Å²) in [5.74, 6) is -3.23. The first-order chi connectivity index (χ1) is 15.6. The first-order valence-electron chi connectivity index (χ1n) is 9.95. The second-order valence-corrected chi connectivity index (χ2v) is 7.41. The largest absolute Gasteiger partial charge is 0.480 e. The summed E-state index contributed by atoms with van der Waals surface area (Å²) >= 11 is 0. The van der Waals surface area contributed by atoms with E-state index in [1.807, 2.05) is 0 Å². The van der Waals surface area contributed by atoms with Crippen molar-refractivity contribution in [2.45, 2.75) is 20.0 Å². The molecule has 3 rings (SSSR count). The Morgan fingerprint density at radius 1 is 1.24 bits per heavy atom. The Morgan fingerprint density at radius 3 is 2.64 bits per heavy atom. The molecule has 0 fully saturated rings. The van der Waals surface area contributed by atoms with Crippen molar-refractivity contribution in [3.05, 3.63) is 52.1 Å². The van der Waals surface area contributed by atoms with E-state index in [0.717, 1.165) is 0 Å². The summed E-state index contributed by atoms with van der Waals surface area (Å²) in [6.07, 6.45) is 0.472. The van der Waals surface area contributed by atoms with Gasteiger partial charge >= 0.3 is 5.97 Å². The summed E-state index contributed by atoms with van der Waals surface area (Å²) in [7, 11) is 1.27. The number of anilines is 1. The zero-order valence-corrected chi connectivity index (χ0v) is 18.2. The van der Waals surface area contributed by atoms with E-state index < -0.39 is 36.2 Å². The summed E-state index contributed by atoms with van der Waals surface area (Å²) in [6.45, 7) is 2.62. The lowest BCUT2D eigenvalue weighted by molar-refractivity contribution is -0.140. The van der Waals surface area contributed by atoms with E-state index in [2.05, 4.69) is 20.9 Å². The summed E-state index contributed by atoms with van der Waals surface area (Å²) in [5.41, 5.74) is 3.09. The number of carbonyl (C=O) groups excluding carboxylic acids is 3. The van der Waals surface area contributed by atoms with E-state index in [4.69, 9.17) is 9.84 Å². The van der Waals surface area contributed by atoms with E-state index in [9.17, 15) is 23.6 Å². The highest BCUT2D eigenvalue weighted by atomic mass is 19.1. The zero-order chi connectivity index (χ0) is 24.3. The number of carboxylic acids is 1. The van der Waals surface area contributed by atoms with Crippen molar-refractivity contribution < 1.29 is 33.4 Å². The number of rotatable bonds is 8. The SMILES string of the molecule is COC(CNC(=O)c1c(C)[nH]c(/C=C2\C(=O)Nc3ccc(F)cc32)c1C)C(=O)NCC(=O)O. The van der Waals surface area contributed by atoms with Crippen molar-refractivity contribution in [1.29, 1.82) is 0 Å². The molecule has 174 valence electrons. The quantitative estimate of drug-likeness (QED) is 0.375. The molecule has 0 spiro atoms. The first kappa shape index (κ1) is 23.7. The van der Waals surface area contributed by atoms with Crippen LogP contribution in [0.4, 0.5) is 10.1 Å². The van der Waals surface area contributed by atoms with Crippen molar-refractivity contribution >= 4 is 41.0 Å². The molecule has 33 heavy (non-hydrogen) atoms. The molecule has 1 aliphatic rings. The smallest absolute Gasteiger partial charge is 0.322 e. The number of amides is 3. The van der Waals surface area contributed by atoms with Crippen LogP contribution in [-0.4, -0.2) is 60.1 Å². The van der Waals surface area contributed by atoms with Gasteiger partial charge in [0.2, 0.25) is 0 Å². The van der Waals surface area contributed by atoms with Crippen LogP contribution in [0.2, 0.25) is 0 Å². The van der Waals surface area contributed by atoms with Crippen LogP contribution in [0.15, 0.2) is 18.2 Å². The average Bonchev–Trinajstić information content (AvgIpc) is 3.21. The number of aryl methyl sites for hydroxylation is 1. The number of methoxy groups -OCH3 is 1. The van der Waals surface area contributed by atoms with Crippen LogP contribution in [0, 0.1) is 19.7 Å². The highest BCUT2D eigenvalue weighted by molar-refractivity contribution is 6.34. The summed E-state index contributed by atoms with van der Waals surface area (Å²) in [4.78, 5) is 50.8. The van der Waals surface area contributed by atoms with Gasteiger partial charge in [-0.3, -0.25) is 19.2 Å². The number of hydrogen-bond acceptors (Lipinski definition) is 5. The van der Waals surface area contributed by atoms with Crippen molar-refractivity contribution in [3.8, 4) is 0 Å². The maximum absolute atomic E-state index is 13.7. The number of carbonyl (C=O) groups is 4. The van der Waals surface area contributed by atoms with Gasteiger partial charge in [0.25, 0.3) is 17.7 Å². The lowest BCUT2D eigenvalue weighted by Crippen LogP contribution is -2.45. The lowest BCUT2D eigenvalue weighted by atomic mass is 10.0. The minimum atomic E-state index is -1.20. The third-order valence-electron chi connectivity index (χ3n) is 5.20. The molecule has 2 heterocycles. The van der Waals surface area contributed by atoms with Gasteiger partial charge in [-0.2, -0.15) is 0 Å². The van der Waals surface area contributed by atoms with E-state index in [1.54, 1.807) is 19.9 Å². The van der Waals surface area contributed by atoms with Crippen LogP contribution in [0.3, 0.4) is 0 Å². The molecule has 5 N–H and O–H groups in total. The number of nitrogens with one attached hydrogen (secondary N) is 4. The summed E-state index contributed by atoms with van der Waals surface area (Å²) < 4.78 is 18.7. The Labute approximate surface area is 188 Å². The highest BCUT2D eigenvalue weighted by Crippen LogP contribution is 2.34. The molecular formula is C22H23FN4O6. The van der Waals surface area contributed by atoms with Crippen molar-refractivity contribution in [3.63, 3.8) is 0 Å². The monoisotopic (exact) mass is 458 g/mol. The zero-order valence-electron chi connectivity index (χ0n) is 18.2. The fourth-order valence-corrected chi connectivity index (χ4v) is 3.54. The van der Waals surface area contributed by atoms with Crippen LogP contribution >= 0.6 is 0 Å². The van der Waals surface area contributed by atoms with Crippen LogP contribution in [0.5, 0.6) is 0 Å². The van der Waals surface area contributed by atoms with Gasteiger partial charge in [0, 0.05) is 29.7 Å². The van der Waals surface area contributed by atoms with Crippen molar-refractivity contribution in [2.24, 2.45) is 0 Å². The number of hydrogen-bond donors (Lipinski definition) is 5. The van der Waals surface area contributed by atoms with Crippen LogP contribution in [0.25, 0.3) is 11.6 Å². The average molecular weight is 458 g/mol. The number of aromatic nitrogens is 1. The number of aliphatic carboxylic acids is 1. The molecule has 10 nitrogen and oxygen atoms in total. The highest BCUT2D eigenvalue weighted by Gasteiger charge is 2.26. The molecule has 2 aromatic rings. The van der Waals surface area contributed by atoms with Gasteiger partial charge < -0.3 is 30.8 Å². The van der Waals surface area contributed by atoms with Gasteiger partial charge in [-0.05, 0) is 43.7 Å². The topological polar surface area (TPSA) is 150 Å². The van der Waals surface area contributed by atoms with E-state index in [1.165, 1.54) is 25.3 Å². The minimum absolute atomic E-state index is 0.184. The number of halogens is 1. The molecule has 0 saturated carbocycles. The number of aromatic amines is 1. The molecule has 1 unspecified atom stereocenters. The lowest BCUT2D eigenvalue weighted by Gasteiger charge is -2.15. The molecule has 11 heteroatoms. The summed E-state index contributed by atoms with van der Waals surface area (Å²) in [6, 6.07) is 4.00. The molecule has 1 atom stereocenters. The number of fused-ring (bicyclic) bond motifs is 1. The Morgan fingerprint density at radius 2 is 1.97 bits per heavy atom. The van der Waals surface area contributed by atoms with E-state index in [-0.39, 0.29) is 18.0 Å². The molecule has 3 amide bonds. The van der Waals surface area contributed by atoms with Gasteiger partial charge in [0.05, 0.1) is 17.7 Å². The Bertz CT molecular complexity index is 1170. The van der Waals surface area contributed by atoms with Gasteiger partial charge in [-0.1, -0.05) is 0 Å². The Balaban J connectivity index is 1.78. The fourth-order valence-electron chi connectivity index (χ4n) is 3.54.